The van der Waals surface area contributed by atoms with E-state index in [9.17, 15) is 0 Å². The number of hydrogen-bond donors (Lipinski definition) is 0. The van der Waals surface area contributed by atoms with Crippen molar-refractivity contribution in [1.29, 1.82) is 0 Å². The van der Waals surface area contributed by atoms with E-state index in [1.807, 2.05) is 18.2 Å². The van der Waals surface area contributed by atoms with Crippen molar-refractivity contribution in [1.82, 2.24) is 0 Å². The van der Waals surface area contributed by atoms with Gasteiger partial charge in [0.05, 0.1) is 6.10 Å². The van der Waals surface area contributed by atoms with Crippen molar-refractivity contribution >= 4 is 11.6 Å². The zero-order chi connectivity index (χ0) is 11.5. The van der Waals surface area contributed by atoms with Gasteiger partial charge >= 0.3 is 0 Å². The van der Waals surface area contributed by atoms with E-state index < -0.39 is 0 Å². The highest BCUT2D eigenvalue weighted by molar-refractivity contribution is 6.30. The van der Waals surface area contributed by atoms with Crippen molar-refractivity contribution < 1.29 is 4.74 Å². The van der Waals surface area contributed by atoms with Gasteiger partial charge in [-0.25, -0.2) is 0 Å². The van der Waals surface area contributed by atoms with Gasteiger partial charge in [-0.1, -0.05) is 31.0 Å². The molecule has 0 heterocycles. The Morgan fingerprint density at radius 1 is 1.31 bits per heavy atom. The van der Waals surface area contributed by atoms with Gasteiger partial charge in [-0.05, 0) is 49.8 Å². The molecule has 0 amide bonds. The maximum absolute atomic E-state index is 6.05. The molecule has 2 heteroatoms. The molecule has 1 nitrogen and oxygen atoms in total. The van der Waals surface area contributed by atoms with Gasteiger partial charge in [0.2, 0.25) is 0 Å². The molecule has 2 rings (SSSR count). The fourth-order valence-corrected chi connectivity index (χ4v) is 2.53. The predicted molar refractivity (Wildman–Crippen MR) is 68.2 cm³/mol. The first-order valence-electron chi connectivity index (χ1n) is 6.08. The van der Waals surface area contributed by atoms with Crippen molar-refractivity contribution in [2.75, 3.05) is 0 Å². The lowest BCUT2D eigenvalue weighted by molar-refractivity contribution is 0.128. The largest absolute Gasteiger partial charge is 0.490 e. The number of aryl methyl sites for hydroxylation is 1. The third kappa shape index (κ3) is 2.91. The Bertz CT molecular complexity index is 362. The maximum atomic E-state index is 6.05. The fraction of sp³-hybridized carbons (Fsp3) is 0.571. The summed E-state index contributed by atoms with van der Waals surface area (Å²) in [5.41, 5.74) is 1.17. The van der Waals surface area contributed by atoms with E-state index in [-0.39, 0.29) is 0 Å². The van der Waals surface area contributed by atoms with Gasteiger partial charge in [0.25, 0.3) is 0 Å². The molecular weight excluding hydrogens is 220 g/mol. The Balaban J connectivity index is 2.05. The van der Waals surface area contributed by atoms with Gasteiger partial charge in [0.1, 0.15) is 5.75 Å². The highest BCUT2D eigenvalue weighted by Gasteiger charge is 2.20. The number of hydrogen-bond acceptors (Lipinski definition) is 1. The molecule has 2 atom stereocenters. The zero-order valence-corrected chi connectivity index (χ0v) is 10.8. The number of ether oxygens (including phenoxy) is 1. The predicted octanol–water partition coefficient (Wildman–Crippen LogP) is 4.61. The molecule has 1 aromatic rings. The van der Waals surface area contributed by atoms with E-state index in [1.54, 1.807) is 0 Å². The number of benzene rings is 1. The third-order valence-electron chi connectivity index (χ3n) is 3.33. The molecule has 1 aliphatic carbocycles. The Labute approximate surface area is 103 Å². The summed E-state index contributed by atoms with van der Waals surface area (Å²) in [5.74, 6) is 1.74. The van der Waals surface area contributed by atoms with Crippen molar-refractivity contribution in [3.05, 3.63) is 28.8 Å². The van der Waals surface area contributed by atoms with Crippen LogP contribution in [0, 0.1) is 12.8 Å². The van der Waals surface area contributed by atoms with Crippen molar-refractivity contribution in [2.24, 2.45) is 5.92 Å². The van der Waals surface area contributed by atoms with Crippen molar-refractivity contribution in [3.63, 3.8) is 0 Å². The Morgan fingerprint density at radius 2 is 2.12 bits per heavy atom. The smallest absolute Gasteiger partial charge is 0.124 e. The molecule has 16 heavy (non-hydrogen) atoms. The average Bonchev–Trinajstić information content (AvgIpc) is 2.24. The van der Waals surface area contributed by atoms with E-state index in [0.717, 1.165) is 16.7 Å². The summed E-state index contributed by atoms with van der Waals surface area (Å²) in [6.07, 6.45) is 5.35. The average molecular weight is 239 g/mol. The van der Waals surface area contributed by atoms with Crippen LogP contribution in [-0.2, 0) is 0 Å². The molecule has 0 aliphatic heterocycles. The molecule has 88 valence electrons. The van der Waals surface area contributed by atoms with Gasteiger partial charge in [-0.3, -0.25) is 0 Å². The number of rotatable bonds is 2. The van der Waals surface area contributed by atoms with Crippen LogP contribution < -0.4 is 4.74 Å². The molecule has 0 saturated heterocycles. The summed E-state index contributed by atoms with van der Waals surface area (Å²) in [5, 5.41) is 0.754. The third-order valence-corrected chi connectivity index (χ3v) is 3.57. The molecule has 1 saturated carbocycles. The quantitative estimate of drug-likeness (QED) is 0.731. The molecule has 1 aliphatic rings. The van der Waals surface area contributed by atoms with Crippen LogP contribution in [0.15, 0.2) is 18.2 Å². The molecule has 1 fully saturated rings. The second-order valence-electron chi connectivity index (χ2n) is 4.92. The van der Waals surface area contributed by atoms with Gasteiger partial charge in [-0.15, -0.1) is 0 Å². The molecule has 0 bridgehead atoms. The molecular formula is C14H19ClO. The molecule has 1 aromatic carbocycles. The van der Waals surface area contributed by atoms with Crippen molar-refractivity contribution in [3.8, 4) is 5.75 Å². The first-order valence-corrected chi connectivity index (χ1v) is 6.46. The fourth-order valence-electron chi connectivity index (χ4n) is 2.37. The summed E-state index contributed by atoms with van der Waals surface area (Å²) in [4.78, 5) is 0. The van der Waals surface area contributed by atoms with Gasteiger partial charge < -0.3 is 4.74 Å². The normalized spacial score (nSPS) is 25.4. The minimum absolute atomic E-state index is 0.376. The first kappa shape index (κ1) is 11.8. The highest BCUT2D eigenvalue weighted by atomic mass is 35.5. The van der Waals surface area contributed by atoms with Crippen LogP contribution in [0.25, 0.3) is 0 Å². The van der Waals surface area contributed by atoms with Gasteiger partial charge in [0, 0.05) is 5.02 Å². The van der Waals surface area contributed by atoms with Crippen LogP contribution in [0.1, 0.15) is 38.2 Å². The molecule has 0 radical (unpaired) electrons. The summed E-state index contributed by atoms with van der Waals surface area (Å²) in [6.45, 7) is 4.37. The van der Waals surface area contributed by atoms with E-state index in [4.69, 9.17) is 16.3 Å². The summed E-state index contributed by atoms with van der Waals surface area (Å²) in [6, 6.07) is 5.85. The molecule has 0 N–H and O–H groups in total. The second kappa shape index (κ2) is 5.09. The minimum atomic E-state index is 0.376. The highest BCUT2D eigenvalue weighted by Crippen LogP contribution is 2.30. The summed E-state index contributed by atoms with van der Waals surface area (Å²) >= 11 is 5.98. The van der Waals surface area contributed by atoms with Crippen LogP contribution in [0.3, 0.4) is 0 Å². The lowest BCUT2D eigenvalue weighted by Crippen LogP contribution is -2.24. The SMILES string of the molecule is Cc1ccc(Cl)cc1OC1CCCC(C)C1. The first-order chi connectivity index (χ1) is 7.65. The maximum Gasteiger partial charge on any atom is 0.124 e. The standard InChI is InChI=1S/C14H19ClO/c1-10-4-3-5-13(8-10)16-14-9-12(15)7-6-11(14)2/h6-7,9-10,13H,3-5,8H2,1-2H3. The van der Waals surface area contributed by atoms with Gasteiger partial charge in [-0.2, -0.15) is 0 Å². The van der Waals surface area contributed by atoms with Crippen molar-refractivity contribution in [2.45, 2.75) is 45.6 Å². The zero-order valence-electron chi connectivity index (χ0n) is 10.0. The van der Waals surface area contributed by atoms with E-state index in [1.165, 1.54) is 31.2 Å². The van der Waals surface area contributed by atoms with Crippen LogP contribution in [0.2, 0.25) is 5.02 Å². The lowest BCUT2D eigenvalue weighted by Gasteiger charge is -2.28. The minimum Gasteiger partial charge on any atom is -0.490 e. The van der Waals surface area contributed by atoms with Crippen LogP contribution in [0.4, 0.5) is 0 Å². The van der Waals surface area contributed by atoms with Crippen LogP contribution in [-0.4, -0.2) is 6.10 Å². The Morgan fingerprint density at radius 3 is 2.88 bits per heavy atom. The van der Waals surface area contributed by atoms with Crippen LogP contribution in [0.5, 0.6) is 5.75 Å². The summed E-state index contributed by atoms with van der Waals surface area (Å²) < 4.78 is 6.05. The van der Waals surface area contributed by atoms with Gasteiger partial charge in [0.15, 0.2) is 0 Å². The topological polar surface area (TPSA) is 9.23 Å². The molecule has 0 spiro atoms. The van der Waals surface area contributed by atoms with Crippen LogP contribution >= 0.6 is 11.6 Å². The Kier molecular flexibility index (Phi) is 3.75. The molecule has 0 aromatic heterocycles. The lowest BCUT2D eigenvalue weighted by atomic mass is 9.88. The summed E-state index contributed by atoms with van der Waals surface area (Å²) in [7, 11) is 0. The Hall–Kier alpha value is -0.690. The number of halogens is 1. The second-order valence-corrected chi connectivity index (χ2v) is 5.36. The van der Waals surface area contributed by atoms with E-state index >= 15 is 0 Å². The molecule has 2 unspecified atom stereocenters. The van der Waals surface area contributed by atoms with E-state index in [2.05, 4.69) is 13.8 Å². The monoisotopic (exact) mass is 238 g/mol. The van der Waals surface area contributed by atoms with E-state index in [0.29, 0.717) is 6.10 Å².